The first-order valence-corrected chi connectivity index (χ1v) is 8.44. The van der Waals surface area contributed by atoms with Crippen LogP contribution in [-0.4, -0.2) is 9.97 Å². The lowest BCUT2D eigenvalue weighted by Crippen LogP contribution is -2.06. The van der Waals surface area contributed by atoms with E-state index in [2.05, 4.69) is 15.3 Å². The topological polar surface area (TPSA) is 63.8 Å². The van der Waals surface area contributed by atoms with E-state index < -0.39 is 11.7 Å². The zero-order valence-corrected chi connectivity index (χ0v) is 14.5. The fourth-order valence-electron chi connectivity index (χ4n) is 2.19. The lowest BCUT2D eigenvalue weighted by Gasteiger charge is -2.13. The van der Waals surface area contributed by atoms with Crippen molar-refractivity contribution >= 4 is 29.0 Å². The standard InChI is InChI=1S/C18H15F3N4S/c1-11-5-7-14(8-6-11)26-17-15(22)16(23-10-24-17)25-13-4-2-3-12(9-13)18(19,20)21/h2-10H,22H2,1H3,(H,23,24,25). The molecule has 8 heteroatoms. The molecule has 3 aromatic rings. The Kier molecular flexibility index (Phi) is 5.03. The van der Waals surface area contributed by atoms with Gasteiger partial charge in [-0.15, -0.1) is 0 Å². The third-order valence-electron chi connectivity index (χ3n) is 3.54. The molecule has 0 radical (unpaired) electrons. The molecule has 4 nitrogen and oxygen atoms in total. The van der Waals surface area contributed by atoms with Gasteiger partial charge in [0.05, 0.1) is 5.56 Å². The number of nitrogen functional groups attached to an aromatic ring is 1. The number of hydrogen-bond acceptors (Lipinski definition) is 5. The van der Waals surface area contributed by atoms with Gasteiger partial charge in [0, 0.05) is 10.6 Å². The van der Waals surface area contributed by atoms with Crippen molar-refractivity contribution in [3.63, 3.8) is 0 Å². The summed E-state index contributed by atoms with van der Waals surface area (Å²) >= 11 is 1.36. The van der Waals surface area contributed by atoms with Gasteiger partial charge >= 0.3 is 6.18 Å². The summed E-state index contributed by atoms with van der Waals surface area (Å²) in [4.78, 5) is 9.15. The van der Waals surface area contributed by atoms with Gasteiger partial charge in [-0.2, -0.15) is 13.2 Å². The second-order valence-corrected chi connectivity index (χ2v) is 6.62. The quantitative estimate of drug-likeness (QED) is 0.607. The number of hydrogen-bond donors (Lipinski definition) is 2. The van der Waals surface area contributed by atoms with Gasteiger partial charge in [0.25, 0.3) is 0 Å². The molecule has 0 amide bonds. The molecule has 0 spiro atoms. The van der Waals surface area contributed by atoms with Gasteiger partial charge in [0.15, 0.2) is 5.82 Å². The average molecular weight is 376 g/mol. The highest BCUT2D eigenvalue weighted by Gasteiger charge is 2.30. The summed E-state index contributed by atoms with van der Waals surface area (Å²) in [6.07, 6.45) is -3.09. The molecule has 0 aliphatic rings. The number of nitrogens with one attached hydrogen (secondary N) is 1. The van der Waals surface area contributed by atoms with Crippen LogP contribution in [0.4, 0.5) is 30.4 Å². The van der Waals surface area contributed by atoms with Crippen LogP contribution in [-0.2, 0) is 6.18 Å². The van der Waals surface area contributed by atoms with Gasteiger partial charge in [-0.25, -0.2) is 9.97 Å². The summed E-state index contributed by atoms with van der Waals surface area (Å²) in [6.45, 7) is 1.99. The third-order valence-corrected chi connectivity index (χ3v) is 4.56. The molecule has 0 aliphatic heterocycles. The van der Waals surface area contributed by atoms with Gasteiger partial charge in [-0.05, 0) is 37.3 Å². The number of halogens is 3. The van der Waals surface area contributed by atoms with E-state index in [1.807, 2.05) is 31.2 Å². The maximum atomic E-state index is 12.8. The molecule has 2 aromatic carbocycles. The summed E-state index contributed by atoms with van der Waals surface area (Å²) in [6, 6.07) is 12.7. The molecule has 0 aliphatic carbocycles. The lowest BCUT2D eigenvalue weighted by atomic mass is 10.2. The first kappa shape index (κ1) is 18.1. The molecule has 0 saturated carbocycles. The maximum absolute atomic E-state index is 12.8. The second kappa shape index (κ2) is 7.25. The number of aryl methyl sites for hydroxylation is 1. The number of nitrogens with two attached hydrogens (primary N) is 1. The number of aromatic nitrogens is 2. The average Bonchev–Trinajstić information content (AvgIpc) is 2.60. The number of benzene rings is 2. The van der Waals surface area contributed by atoms with Crippen LogP contribution >= 0.6 is 11.8 Å². The second-order valence-electron chi connectivity index (χ2n) is 5.56. The van der Waals surface area contributed by atoms with Gasteiger partial charge in [-0.3, -0.25) is 0 Å². The molecular formula is C18H15F3N4S. The summed E-state index contributed by atoms with van der Waals surface area (Å²) in [5, 5.41) is 3.36. The van der Waals surface area contributed by atoms with E-state index in [1.54, 1.807) is 0 Å². The van der Waals surface area contributed by atoms with Crippen molar-refractivity contribution in [3.8, 4) is 0 Å². The van der Waals surface area contributed by atoms with Crippen LogP contribution in [0.1, 0.15) is 11.1 Å². The molecule has 3 rings (SSSR count). The summed E-state index contributed by atoms with van der Waals surface area (Å²) in [5.41, 5.74) is 7.01. The molecular weight excluding hydrogens is 361 g/mol. The summed E-state index contributed by atoms with van der Waals surface area (Å²) in [5.74, 6) is 0.258. The first-order valence-electron chi connectivity index (χ1n) is 7.62. The number of alkyl halides is 3. The fraction of sp³-hybridized carbons (Fsp3) is 0.111. The minimum Gasteiger partial charge on any atom is -0.394 e. The van der Waals surface area contributed by atoms with Crippen LogP contribution in [0, 0.1) is 6.92 Å². The Morgan fingerprint density at radius 3 is 2.46 bits per heavy atom. The van der Waals surface area contributed by atoms with E-state index in [0.29, 0.717) is 5.03 Å². The SMILES string of the molecule is Cc1ccc(Sc2ncnc(Nc3cccc(C(F)(F)F)c3)c2N)cc1. The number of anilines is 3. The van der Waals surface area contributed by atoms with Crippen molar-refractivity contribution in [2.75, 3.05) is 11.1 Å². The highest BCUT2D eigenvalue weighted by Crippen LogP contribution is 2.35. The lowest BCUT2D eigenvalue weighted by molar-refractivity contribution is -0.137. The molecule has 26 heavy (non-hydrogen) atoms. The van der Waals surface area contributed by atoms with Crippen LogP contribution in [0.5, 0.6) is 0 Å². The van der Waals surface area contributed by atoms with Crippen molar-refractivity contribution in [2.45, 2.75) is 23.0 Å². The van der Waals surface area contributed by atoms with Crippen molar-refractivity contribution in [1.82, 2.24) is 9.97 Å². The van der Waals surface area contributed by atoms with E-state index in [1.165, 1.54) is 30.2 Å². The molecule has 134 valence electrons. The van der Waals surface area contributed by atoms with Gasteiger partial charge < -0.3 is 11.1 Å². The highest BCUT2D eigenvalue weighted by atomic mass is 32.2. The Balaban J connectivity index is 1.84. The number of nitrogens with zero attached hydrogens (tertiary/aromatic N) is 2. The number of rotatable bonds is 4. The van der Waals surface area contributed by atoms with Crippen LogP contribution in [0.25, 0.3) is 0 Å². The van der Waals surface area contributed by atoms with Gasteiger partial charge in [-0.1, -0.05) is 35.5 Å². The summed E-state index contributed by atoms with van der Waals surface area (Å²) < 4.78 is 38.5. The van der Waals surface area contributed by atoms with Crippen LogP contribution in [0.15, 0.2) is 64.8 Å². The van der Waals surface area contributed by atoms with E-state index in [-0.39, 0.29) is 17.2 Å². The minimum absolute atomic E-state index is 0.247. The fourth-order valence-corrected chi connectivity index (χ4v) is 2.99. The molecule has 0 unspecified atom stereocenters. The van der Waals surface area contributed by atoms with E-state index in [9.17, 15) is 13.2 Å². The van der Waals surface area contributed by atoms with E-state index in [0.717, 1.165) is 22.6 Å². The Hall–Kier alpha value is -2.74. The van der Waals surface area contributed by atoms with Crippen LogP contribution in [0.2, 0.25) is 0 Å². The van der Waals surface area contributed by atoms with Crippen LogP contribution < -0.4 is 11.1 Å². The monoisotopic (exact) mass is 376 g/mol. The van der Waals surface area contributed by atoms with Crippen molar-refractivity contribution in [2.24, 2.45) is 0 Å². The Labute approximate surface area is 152 Å². The van der Waals surface area contributed by atoms with E-state index >= 15 is 0 Å². The van der Waals surface area contributed by atoms with Gasteiger partial charge in [0.1, 0.15) is 17.0 Å². The molecule has 0 bridgehead atoms. The highest BCUT2D eigenvalue weighted by molar-refractivity contribution is 7.99. The van der Waals surface area contributed by atoms with Crippen molar-refractivity contribution < 1.29 is 13.2 Å². The predicted molar refractivity (Wildman–Crippen MR) is 96.5 cm³/mol. The molecule has 1 heterocycles. The molecule has 3 N–H and O–H groups in total. The molecule has 0 saturated heterocycles. The Morgan fingerprint density at radius 2 is 1.77 bits per heavy atom. The van der Waals surface area contributed by atoms with Crippen LogP contribution in [0.3, 0.4) is 0 Å². The molecule has 0 fully saturated rings. The van der Waals surface area contributed by atoms with Crippen molar-refractivity contribution in [3.05, 3.63) is 66.0 Å². The van der Waals surface area contributed by atoms with E-state index in [4.69, 9.17) is 5.73 Å². The smallest absolute Gasteiger partial charge is 0.394 e. The largest absolute Gasteiger partial charge is 0.416 e. The zero-order valence-electron chi connectivity index (χ0n) is 13.7. The maximum Gasteiger partial charge on any atom is 0.416 e. The molecule has 0 atom stereocenters. The zero-order chi connectivity index (χ0) is 18.7. The Bertz CT molecular complexity index is 911. The van der Waals surface area contributed by atoms with Gasteiger partial charge in [0.2, 0.25) is 0 Å². The Morgan fingerprint density at radius 1 is 1.04 bits per heavy atom. The molecule has 1 aromatic heterocycles. The summed E-state index contributed by atoms with van der Waals surface area (Å²) in [7, 11) is 0. The normalized spacial score (nSPS) is 11.4. The van der Waals surface area contributed by atoms with Crippen molar-refractivity contribution in [1.29, 1.82) is 0 Å². The third kappa shape index (κ3) is 4.26. The predicted octanol–water partition coefficient (Wildman–Crippen LogP) is 5.28. The first-order chi connectivity index (χ1) is 12.3. The minimum atomic E-state index is -4.42.